The molecular weight excluding hydrogens is 943 g/mol. The van der Waals surface area contributed by atoms with Crippen LogP contribution in [-0.4, -0.2) is 100 Å². The lowest BCUT2D eigenvalue weighted by atomic mass is 9.99. The van der Waals surface area contributed by atoms with Gasteiger partial charge in [0, 0.05) is 12.8 Å². The van der Waals surface area contributed by atoms with Crippen molar-refractivity contribution < 1.29 is 49.3 Å². The SMILES string of the molecule is CCC/C=C\C/C=C\CCCCCCCC(=O)OCCCCCCCCCCC/C=C\C/C=C\CCCCCCCCCCCC(=O)NC(COC1OC(CO)C(O)C(O)C1O)C(O)/C=C/CCCCCCCCC. The second-order valence-corrected chi connectivity index (χ2v) is 21.4. The zero-order valence-electron chi connectivity index (χ0n) is 48.0. The summed E-state index contributed by atoms with van der Waals surface area (Å²) in [5, 5.41) is 54.2. The van der Waals surface area contributed by atoms with Crippen molar-refractivity contribution in [1.29, 1.82) is 0 Å². The van der Waals surface area contributed by atoms with E-state index in [1.807, 2.05) is 6.08 Å². The molecule has 11 heteroatoms. The number of allylic oxidation sites excluding steroid dienone is 9. The minimum absolute atomic E-state index is 0.0178. The predicted molar refractivity (Wildman–Crippen MR) is 310 cm³/mol. The Morgan fingerprint density at radius 3 is 1.40 bits per heavy atom. The van der Waals surface area contributed by atoms with Crippen LogP contribution in [0.2, 0.25) is 0 Å². The van der Waals surface area contributed by atoms with Gasteiger partial charge >= 0.3 is 5.97 Å². The van der Waals surface area contributed by atoms with E-state index in [1.54, 1.807) is 6.08 Å². The highest BCUT2D eigenvalue weighted by Crippen LogP contribution is 2.23. The Kier molecular flexibility index (Phi) is 50.1. The molecule has 1 aliphatic rings. The molecule has 1 rings (SSSR count). The summed E-state index contributed by atoms with van der Waals surface area (Å²) in [5.74, 6) is -0.209. The second kappa shape index (κ2) is 53.4. The maximum atomic E-state index is 13.0. The number of ether oxygens (including phenoxy) is 3. The van der Waals surface area contributed by atoms with Crippen molar-refractivity contribution in [3.63, 3.8) is 0 Å². The number of amides is 1. The third-order valence-corrected chi connectivity index (χ3v) is 14.3. The molecule has 7 unspecified atom stereocenters. The van der Waals surface area contributed by atoms with Gasteiger partial charge in [-0.15, -0.1) is 0 Å². The van der Waals surface area contributed by atoms with Gasteiger partial charge in [-0.3, -0.25) is 9.59 Å². The number of carbonyl (C=O) groups is 2. The van der Waals surface area contributed by atoms with E-state index in [0.29, 0.717) is 19.4 Å². The summed E-state index contributed by atoms with van der Waals surface area (Å²) in [6.45, 7) is 4.23. The van der Waals surface area contributed by atoms with E-state index in [2.05, 4.69) is 67.8 Å². The average molecular weight is 1060 g/mol. The lowest BCUT2D eigenvalue weighted by molar-refractivity contribution is -0.302. The predicted octanol–water partition coefficient (Wildman–Crippen LogP) is 14.6. The Morgan fingerprint density at radius 1 is 0.493 bits per heavy atom. The highest BCUT2D eigenvalue weighted by atomic mass is 16.7. The smallest absolute Gasteiger partial charge is 0.305 e. The molecule has 0 aromatic rings. The minimum Gasteiger partial charge on any atom is -0.466 e. The average Bonchev–Trinajstić information content (AvgIpc) is 3.41. The fourth-order valence-electron chi connectivity index (χ4n) is 9.38. The van der Waals surface area contributed by atoms with Gasteiger partial charge in [-0.2, -0.15) is 0 Å². The maximum absolute atomic E-state index is 13.0. The molecule has 1 amide bonds. The van der Waals surface area contributed by atoms with E-state index in [0.717, 1.165) is 96.3 Å². The van der Waals surface area contributed by atoms with Gasteiger partial charge in [-0.05, 0) is 89.9 Å². The van der Waals surface area contributed by atoms with Crippen molar-refractivity contribution in [3.8, 4) is 0 Å². The van der Waals surface area contributed by atoms with Crippen LogP contribution in [0.4, 0.5) is 0 Å². The molecule has 0 bridgehead atoms. The molecule has 1 heterocycles. The molecule has 0 radical (unpaired) electrons. The van der Waals surface area contributed by atoms with Gasteiger partial charge in [0.2, 0.25) is 5.91 Å². The summed E-state index contributed by atoms with van der Waals surface area (Å²) >= 11 is 0. The molecule has 1 saturated heterocycles. The first kappa shape index (κ1) is 70.4. The molecule has 436 valence electrons. The molecule has 1 fully saturated rings. The molecule has 7 atom stereocenters. The number of hydrogen-bond donors (Lipinski definition) is 6. The zero-order valence-corrected chi connectivity index (χ0v) is 48.0. The number of aliphatic hydroxyl groups is 5. The van der Waals surface area contributed by atoms with E-state index < -0.39 is 49.5 Å². The van der Waals surface area contributed by atoms with Crippen LogP contribution in [0.25, 0.3) is 0 Å². The third kappa shape index (κ3) is 43.0. The number of hydrogen-bond acceptors (Lipinski definition) is 10. The first-order valence-electron chi connectivity index (χ1n) is 31.1. The van der Waals surface area contributed by atoms with E-state index in [4.69, 9.17) is 14.2 Å². The Hall–Kier alpha value is -2.64. The first-order chi connectivity index (χ1) is 36.7. The van der Waals surface area contributed by atoms with Crippen LogP contribution in [0.3, 0.4) is 0 Å². The first-order valence-corrected chi connectivity index (χ1v) is 31.1. The summed E-state index contributed by atoms with van der Waals surface area (Å²) in [6, 6.07) is -0.814. The number of aliphatic hydroxyl groups excluding tert-OH is 5. The Balaban J connectivity index is 2.01. The Bertz CT molecular complexity index is 1430. The van der Waals surface area contributed by atoms with Gasteiger partial charge in [-0.1, -0.05) is 229 Å². The standard InChI is InChI=1S/C64H115NO10/c1-3-5-7-9-11-13-14-28-32-36-40-44-48-52-60(69)73-53-49-45-41-37-33-30-27-25-23-21-19-17-15-16-18-20-22-24-26-29-31-35-39-43-47-51-59(68)65-56(57(67)50-46-42-38-34-12-10-8-6-4-2)55-74-64-63(72)62(71)61(70)58(54-66)75-64/h7,9,13-14,16-19,46,50,56-58,61-64,66-67,70-72H,3-6,8,10-12,15,20-45,47-49,51-55H2,1-2H3,(H,65,68)/b9-7-,14-13-,18-16-,19-17-,50-46+. The quantitative estimate of drug-likeness (QED) is 0.0195. The van der Waals surface area contributed by atoms with Crippen LogP contribution in [0.1, 0.15) is 271 Å². The highest BCUT2D eigenvalue weighted by molar-refractivity contribution is 5.76. The van der Waals surface area contributed by atoms with E-state index in [1.165, 1.54) is 148 Å². The van der Waals surface area contributed by atoms with Gasteiger partial charge in [0.25, 0.3) is 0 Å². The Labute approximate surface area is 458 Å². The third-order valence-electron chi connectivity index (χ3n) is 14.3. The summed E-state index contributed by atoms with van der Waals surface area (Å²) in [6.07, 6.45) is 59.1. The molecule has 1 aliphatic heterocycles. The van der Waals surface area contributed by atoms with Gasteiger partial charge in [-0.25, -0.2) is 0 Å². The summed E-state index contributed by atoms with van der Waals surface area (Å²) in [5.41, 5.74) is 0. The van der Waals surface area contributed by atoms with Crippen LogP contribution in [0.15, 0.2) is 60.8 Å². The van der Waals surface area contributed by atoms with E-state index >= 15 is 0 Å². The van der Waals surface area contributed by atoms with Crippen LogP contribution in [-0.2, 0) is 23.8 Å². The highest BCUT2D eigenvalue weighted by Gasteiger charge is 2.44. The normalized spacial score (nSPS) is 19.2. The molecule has 0 saturated carbocycles. The van der Waals surface area contributed by atoms with Crippen LogP contribution in [0.5, 0.6) is 0 Å². The second-order valence-electron chi connectivity index (χ2n) is 21.4. The van der Waals surface area contributed by atoms with Gasteiger partial charge in [0.05, 0.1) is 32.0 Å². The fraction of sp³-hybridized carbons (Fsp3) is 0.812. The van der Waals surface area contributed by atoms with Crippen molar-refractivity contribution in [2.45, 2.75) is 314 Å². The summed E-state index contributed by atoms with van der Waals surface area (Å²) in [4.78, 5) is 25.0. The molecule has 0 aromatic carbocycles. The number of unbranched alkanes of at least 4 members (excludes halogenated alkanes) is 31. The fourth-order valence-corrected chi connectivity index (χ4v) is 9.38. The van der Waals surface area contributed by atoms with Crippen LogP contribution in [0, 0.1) is 0 Å². The van der Waals surface area contributed by atoms with Gasteiger partial charge < -0.3 is 45.1 Å². The molecule has 75 heavy (non-hydrogen) atoms. The van der Waals surface area contributed by atoms with E-state index in [9.17, 15) is 35.1 Å². The van der Waals surface area contributed by atoms with Crippen molar-refractivity contribution in [1.82, 2.24) is 5.32 Å². The molecule has 0 spiro atoms. The van der Waals surface area contributed by atoms with Crippen molar-refractivity contribution in [2.75, 3.05) is 19.8 Å². The summed E-state index contributed by atoms with van der Waals surface area (Å²) in [7, 11) is 0. The van der Waals surface area contributed by atoms with Crippen molar-refractivity contribution in [3.05, 3.63) is 60.8 Å². The molecule has 0 aromatic heterocycles. The van der Waals surface area contributed by atoms with Gasteiger partial charge in [0.15, 0.2) is 6.29 Å². The summed E-state index contributed by atoms with van der Waals surface area (Å²) < 4.78 is 16.7. The largest absolute Gasteiger partial charge is 0.466 e. The zero-order chi connectivity index (χ0) is 54.5. The molecular formula is C64H115NO10. The topological polar surface area (TPSA) is 175 Å². The number of esters is 1. The van der Waals surface area contributed by atoms with Crippen molar-refractivity contribution in [2.24, 2.45) is 0 Å². The lowest BCUT2D eigenvalue weighted by Gasteiger charge is -2.40. The monoisotopic (exact) mass is 1060 g/mol. The number of rotatable bonds is 53. The van der Waals surface area contributed by atoms with Gasteiger partial charge in [0.1, 0.15) is 24.4 Å². The molecule has 11 nitrogen and oxygen atoms in total. The Morgan fingerprint density at radius 2 is 0.920 bits per heavy atom. The number of nitrogens with one attached hydrogen (secondary N) is 1. The molecule has 0 aliphatic carbocycles. The van der Waals surface area contributed by atoms with E-state index in [-0.39, 0.29) is 18.5 Å². The van der Waals surface area contributed by atoms with Crippen LogP contribution >= 0.6 is 0 Å². The van der Waals surface area contributed by atoms with Crippen molar-refractivity contribution >= 4 is 11.9 Å². The maximum Gasteiger partial charge on any atom is 0.305 e. The molecule has 6 N–H and O–H groups in total. The van der Waals surface area contributed by atoms with Crippen LogP contribution < -0.4 is 5.32 Å². The number of carbonyl (C=O) groups excluding carboxylic acids is 2. The lowest BCUT2D eigenvalue weighted by Crippen LogP contribution is -2.60. The minimum atomic E-state index is -1.57.